The summed E-state index contributed by atoms with van der Waals surface area (Å²) in [5, 5.41) is 0. The second-order valence-corrected chi connectivity index (χ2v) is 7.89. The van der Waals surface area contributed by atoms with Crippen LogP contribution in [0.3, 0.4) is 0 Å². The van der Waals surface area contributed by atoms with Gasteiger partial charge in [0.2, 0.25) is 0 Å². The average molecular weight is 331 g/mol. The number of hydrogen-bond acceptors (Lipinski definition) is 2. The van der Waals surface area contributed by atoms with E-state index >= 15 is 0 Å². The van der Waals surface area contributed by atoms with Crippen molar-refractivity contribution in [3.8, 4) is 0 Å². The first-order valence-corrected chi connectivity index (χ1v) is 9.06. The first kappa shape index (κ1) is 14.3. The lowest BCUT2D eigenvalue weighted by Crippen LogP contribution is -2.46. The summed E-state index contributed by atoms with van der Waals surface area (Å²) in [6, 6.07) is 0. The Bertz CT molecular complexity index is 283. The van der Waals surface area contributed by atoms with Gasteiger partial charge in [-0.2, -0.15) is 0 Å². The molecule has 0 bridgehead atoms. The van der Waals surface area contributed by atoms with Gasteiger partial charge in [0, 0.05) is 24.6 Å². The minimum absolute atomic E-state index is 0.167. The molecule has 0 aromatic rings. The fourth-order valence-electron chi connectivity index (χ4n) is 4.35. The molecular weight excluding hydrogens is 304 g/mol. The summed E-state index contributed by atoms with van der Waals surface area (Å²) in [6.45, 7) is 2.77. The monoisotopic (exact) mass is 330 g/mol. The van der Waals surface area contributed by atoms with Gasteiger partial charge in [-0.15, -0.1) is 0 Å². The van der Waals surface area contributed by atoms with E-state index in [9.17, 15) is 0 Å². The third-order valence-electron chi connectivity index (χ3n) is 5.52. The molecule has 1 aliphatic carbocycles. The van der Waals surface area contributed by atoms with Crippen LogP contribution in [-0.4, -0.2) is 30.2 Å². The zero-order valence-electron chi connectivity index (χ0n) is 11.9. The van der Waals surface area contributed by atoms with Crippen molar-refractivity contribution in [2.45, 2.75) is 68.2 Å². The Hall–Kier alpha value is 0.400. The Morgan fingerprint density at radius 3 is 2.53 bits per heavy atom. The van der Waals surface area contributed by atoms with Gasteiger partial charge < -0.3 is 9.47 Å². The van der Waals surface area contributed by atoms with Crippen LogP contribution in [0.1, 0.15) is 57.8 Å². The molecule has 0 aromatic carbocycles. The SMILES string of the molecule is BrC1CCCCCC1C1CCOC2(CCOCC2)C1. The zero-order chi connectivity index (χ0) is 13.1. The van der Waals surface area contributed by atoms with E-state index in [1.54, 1.807) is 0 Å². The molecule has 3 unspecified atom stereocenters. The molecule has 3 atom stereocenters. The lowest BCUT2D eigenvalue weighted by molar-refractivity contribution is -0.152. The molecule has 2 heterocycles. The maximum Gasteiger partial charge on any atom is 0.0729 e. The van der Waals surface area contributed by atoms with Crippen LogP contribution in [0.5, 0.6) is 0 Å². The molecule has 0 aromatic heterocycles. The molecule has 2 saturated heterocycles. The molecule has 2 nitrogen and oxygen atoms in total. The summed E-state index contributed by atoms with van der Waals surface area (Å²) in [6.07, 6.45) is 11.9. The molecule has 3 rings (SSSR count). The molecule has 110 valence electrons. The topological polar surface area (TPSA) is 18.5 Å². The molecule has 19 heavy (non-hydrogen) atoms. The predicted octanol–water partition coefficient (Wildman–Crippen LogP) is 4.31. The quantitative estimate of drug-likeness (QED) is 0.527. The second-order valence-electron chi connectivity index (χ2n) is 6.71. The van der Waals surface area contributed by atoms with Crippen molar-refractivity contribution in [2.75, 3.05) is 19.8 Å². The molecule has 1 spiro atoms. The molecular formula is C16H27BrO2. The van der Waals surface area contributed by atoms with Crippen LogP contribution in [0.2, 0.25) is 0 Å². The van der Waals surface area contributed by atoms with Gasteiger partial charge in [0.25, 0.3) is 0 Å². The fourth-order valence-corrected chi connectivity index (χ4v) is 5.36. The minimum Gasteiger partial charge on any atom is -0.381 e. The van der Waals surface area contributed by atoms with E-state index in [0.29, 0.717) is 0 Å². The summed E-state index contributed by atoms with van der Waals surface area (Å²) in [7, 11) is 0. The fraction of sp³-hybridized carbons (Fsp3) is 1.00. The van der Waals surface area contributed by atoms with Gasteiger partial charge >= 0.3 is 0 Å². The Balaban J connectivity index is 1.66. The highest BCUT2D eigenvalue weighted by atomic mass is 79.9. The first-order valence-electron chi connectivity index (χ1n) is 8.15. The van der Waals surface area contributed by atoms with Crippen molar-refractivity contribution in [1.82, 2.24) is 0 Å². The van der Waals surface area contributed by atoms with E-state index in [-0.39, 0.29) is 5.60 Å². The maximum atomic E-state index is 6.20. The molecule has 3 fully saturated rings. The Morgan fingerprint density at radius 2 is 1.68 bits per heavy atom. The number of hydrogen-bond donors (Lipinski definition) is 0. The first-order chi connectivity index (χ1) is 9.29. The molecule has 0 radical (unpaired) electrons. The van der Waals surface area contributed by atoms with Crippen LogP contribution in [0.25, 0.3) is 0 Å². The minimum atomic E-state index is 0.167. The Morgan fingerprint density at radius 1 is 0.895 bits per heavy atom. The van der Waals surface area contributed by atoms with Crippen molar-refractivity contribution < 1.29 is 9.47 Å². The van der Waals surface area contributed by atoms with E-state index in [0.717, 1.165) is 49.3 Å². The van der Waals surface area contributed by atoms with E-state index in [1.807, 2.05) is 0 Å². The van der Waals surface area contributed by atoms with Crippen molar-refractivity contribution in [3.05, 3.63) is 0 Å². The highest BCUT2D eigenvalue weighted by molar-refractivity contribution is 9.09. The summed E-state index contributed by atoms with van der Waals surface area (Å²) in [5.74, 6) is 1.75. The number of rotatable bonds is 1. The molecule has 3 heteroatoms. The molecule has 3 aliphatic rings. The standard InChI is InChI=1S/C16H27BrO2/c17-15-5-3-1-2-4-14(15)13-6-9-19-16(12-13)7-10-18-11-8-16/h13-15H,1-12H2. The molecule has 0 N–H and O–H groups in total. The lowest BCUT2D eigenvalue weighted by Gasteiger charge is -2.46. The smallest absolute Gasteiger partial charge is 0.0729 e. The zero-order valence-corrected chi connectivity index (χ0v) is 13.5. The summed E-state index contributed by atoms with van der Waals surface area (Å²) in [4.78, 5) is 0.745. The predicted molar refractivity (Wildman–Crippen MR) is 80.8 cm³/mol. The second kappa shape index (κ2) is 6.44. The van der Waals surface area contributed by atoms with E-state index in [1.165, 1.54) is 44.9 Å². The highest BCUT2D eigenvalue weighted by Crippen LogP contribution is 2.44. The van der Waals surface area contributed by atoms with Gasteiger partial charge in [0.05, 0.1) is 5.60 Å². The largest absolute Gasteiger partial charge is 0.381 e. The average Bonchev–Trinajstić information content (AvgIpc) is 2.64. The molecule has 1 saturated carbocycles. The normalized spacial score (nSPS) is 39.9. The van der Waals surface area contributed by atoms with Crippen molar-refractivity contribution in [1.29, 1.82) is 0 Å². The molecule has 2 aliphatic heterocycles. The van der Waals surface area contributed by atoms with Crippen LogP contribution >= 0.6 is 15.9 Å². The molecule has 0 amide bonds. The summed E-state index contributed by atoms with van der Waals surface area (Å²) >= 11 is 3.99. The van der Waals surface area contributed by atoms with Crippen LogP contribution < -0.4 is 0 Å². The highest BCUT2D eigenvalue weighted by Gasteiger charge is 2.42. The van der Waals surface area contributed by atoms with Crippen LogP contribution in [0.15, 0.2) is 0 Å². The third kappa shape index (κ3) is 3.36. The van der Waals surface area contributed by atoms with Crippen molar-refractivity contribution in [2.24, 2.45) is 11.8 Å². The Kier molecular flexibility index (Phi) is 4.86. The van der Waals surface area contributed by atoms with Crippen LogP contribution in [0, 0.1) is 11.8 Å². The number of ether oxygens (including phenoxy) is 2. The van der Waals surface area contributed by atoms with E-state index in [2.05, 4.69) is 15.9 Å². The number of alkyl halides is 1. The van der Waals surface area contributed by atoms with Crippen LogP contribution in [0.4, 0.5) is 0 Å². The van der Waals surface area contributed by atoms with Gasteiger partial charge in [-0.3, -0.25) is 0 Å². The number of halogens is 1. The lowest BCUT2D eigenvalue weighted by atomic mass is 9.73. The van der Waals surface area contributed by atoms with Crippen molar-refractivity contribution in [3.63, 3.8) is 0 Å². The summed E-state index contributed by atoms with van der Waals surface area (Å²) < 4.78 is 11.7. The summed E-state index contributed by atoms with van der Waals surface area (Å²) in [5.41, 5.74) is 0.167. The van der Waals surface area contributed by atoms with Gasteiger partial charge in [-0.25, -0.2) is 0 Å². The van der Waals surface area contributed by atoms with Gasteiger partial charge in [0.15, 0.2) is 0 Å². The maximum absolute atomic E-state index is 6.20. The third-order valence-corrected chi connectivity index (χ3v) is 6.66. The van der Waals surface area contributed by atoms with Crippen molar-refractivity contribution >= 4 is 15.9 Å². The van der Waals surface area contributed by atoms with Gasteiger partial charge in [-0.05, 0) is 50.4 Å². The van der Waals surface area contributed by atoms with Crippen LogP contribution in [-0.2, 0) is 9.47 Å². The van der Waals surface area contributed by atoms with E-state index in [4.69, 9.17) is 9.47 Å². The van der Waals surface area contributed by atoms with Gasteiger partial charge in [0.1, 0.15) is 0 Å². The Labute approximate surface area is 125 Å². The van der Waals surface area contributed by atoms with Gasteiger partial charge in [-0.1, -0.05) is 35.2 Å². The van der Waals surface area contributed by atoms with E-state index < -0.39 is 0 Å².